The standard InChI is InChI=1S/C25H23N7O6S/c33-14-27-17-8-9-26-21(28-17)18(30-38-16-6-2-3-7-16)22(34)29-19-23(35)32-20(25(36)37)15(13-39-24(19)32)12-31-10-4-1-5-11-31/h1-2,4-6,8-11,14,16,19,24H,3,7,12-13H2,(H2-,26,27,28,29,33,34,36,37)/p+1/b30-18-/t16?,19?,24-/m1/s1. The zero-order valence-electron chi connectivity index (χ0n) is 20.5. The molecule has 0 spiro atoms. The van der Waals surface area contributed by atoms with Crippen molar-refractivity contribution in [2.45, 2.75) is 36.9 Å². The zero-order valence-corrected chi connectivity index (χ0v) is 21.3. The number of carbonyl (C=O) groups is 4. The fourth-order valence-corrected chi connectivity index (χ4v) is 5.72. The highest BCUT2D eigenvalue weighted by atomic mass is 32.2. The van der Waals surface area contributed by atoms with Gasteiger partial charge in [0, 0.05) is 29.7 Å². The molecular weight excluding hydrogens is 526 g/mol. The van der Waals surface area contributed by atoms with Gasteiger partial charge in [0.05, 0.1) is 0 Å². The number of amides is 3. The number of hydrogen-bond donors (Lipinski definition) is 3. The van der Waals surface area contributed by atoms with Crippen LogP contribution in [0.3, 0.4) is 0 Å². The molecule has 39 heavy (non-hydrogen) atoms. The molecule has 3 aliphatic rings. The Morgan fingerprint density at radius 2 is 2.13 bits per heavy atom. The van der Waals surface area contributed by atoms with E-state index >= 15 is 0 Å². The third kappa shape index (κ3) is 5.50. The number of β-lactam (4-membered cyclic amide) rings is 1. The van der Waals surface area contributed by atoms with E-state index in [4.69, 9.17) is 4.84 Å². The quantitative estimate of drug-likeness (QED) is 0.0936. The van der Waals surface area contributed by atoms with Crippen LogP contribution in [0.5, 0.6) is 0 Å². The second kappa shape index (κ2) is 11.4. The van der Waals surface area contributed by atoms with E-state index in [1.165, 1.54) is 28.9 Å². The van der Waals surface area contributed by atoms with Gasteiger partial charge in [0.25, 0.3) is 11.8 Å². The van der Waals surface area contributed by atoms with E-state index in [-0.39, 0.29) is 29.2 Å². The van der Waals surface area contributed by atoms with Crippen LogP contribution in [-0.4, -0.2) is 73.2 Å². The first-order chi connectivity index (χ1) is 19.0. The fourth-order valence-electron chi connectivity index (χ4n) is 4.38. The smallest absolute Gasteiger partial charge is 0.352 e. The van der Waals surface area contributed by atoms with Crippen LogP contribution in [-0.2, 0) is 30.6 Å². The van der Waals surface area contributed by atoms with Crippen LogP contribution in [0, 0.1) is 0 Å². The molecule has 0 radical (unpaired) electrons. The van der Waals surface area contributed by atoms with Gasteiger partial charge in [-0.25, -0.2) is 19.3 Å². The Balaban J connectivity index is 1.36. The van der Waals surface area contributed by atoms with E-state index in [1.54, 1.807) is 0 Å². The van der Waals surface area contributed by atoms with Crippen molar-refractivity contribution < 1.29 is 33.7 Å². The van der Waals surface area contributed by atoms with Gasteiger partial charge in [0.1, 0.15) is 29.0 Å². The number of allylic oxidation sites excluding steroid dienone is 1. The summed E-state index contributed by atoms with van der Waals surface area (Å²) in [5.41, 5.74) is 0.227. The second-order valence-electron chi connectivity index (χ2n) is 8.78. The molecular formula is C25H24N7O6S+. The summed E-state index contributed by atoms with van der Waals surface area (Å²) < 4.78 is 1.83. The van der Waals surface area contributed by atoms with Crippen LogP contribution in [0.4, 0.5) is 5.82 Å². The van der Waals surface area contributed by atoms with Crippen LogP contribution < -0.4 is 15.2 Å². The Morgan fingerprint density at radius 3 is 2.85 bits per heavy atom. The van der Waals surface area contributed by atoms with Crippen LogP contribution >= 0.6 is 11.8 Å². The molecule has 1 saturated heterocycles. The molecule has 3 N–H and O–H groups in total. The molecule has 2 aromatic heterocycles. The zero-order chi connectivity index (χ0) is 27.4. The predicted molar refractivity (Wildman–Crippen MR) is 138 cm³/mol. The highest BCUT2D eigenvalue weighted by Crippen LogP contribution is 2.40. The number of oxime groups is 1. The minimum atomic E-state index is -1.21. The highest BCUT2D eigenvalue weighted by Gasteiger charge is 2.54. The molecule has 2 aromatic rings. The average Bonchev–Trinajstić information content (AvgIpc) is 3.46. The van der Waals surface area contributed by atoms with Crippen LogP contribution in [0.15, 0.2) is 71.4 Å². The number of carbonyl (C=O) groups excluding carboxylic acids is 3. The average molecular weight is 551 g/mol. The predicted octanol–water partition coefficient (Wildman–Crippen LogP) is 0.211. The Hall–Kier alpha value is -4.59. The fraction of sp³-hybridized carbons (Fsp3) is 0.280. The maximum atomic E-state index is 13.3. The van der Waals surface area contributed by atoms with E-state index in [0.29, 0.717) is 30.7 Å². The van der Waals surface area contributed by atoms with Crippen LogP contribution in [0.2, 0.25) is 0 Å². The van der Waals surface area contributed by atoms with Gasteiger partial charge < -0.3 is 20.6 Å². The number of aliphatic carboxylic acids is 1. The molecule has 5 rings (SSSR count). The number of nitrogens with one attached hydrogen (secondary N) is 2. The number of pyridine rings is 1. The molecule has 0 saturated carbocycles. The van der Waals surface area contributed by atoms with Gasteiger partial charge in [-0.15, -0.1) is 11.8 Å². The Labute approximate surface area is 226 Å². The van der Waals surface area contributed by atoms with E-state index in [9.17, 15) is 24.3 Å². The van der Waals surface area contributed by atoms with Gasteiger partial charge in [-0.05, 0) is 25.0 Å². The number of anilines is 1. The molecule has 0 bridgehead atoms. The summed E-state index contributed by atoms with van der Waals surface area (Å²) in [5, 5.41) is 18.3. The summed E-state index contributed by atoms with van der Waals surface area (Å²) >= 11 is 1.36. The number of hydrogen-bond acceptors (Lipinski definition) is 9. The lowest BCUT2D eigenvalue weighted by molar-refractivity contribution is -0.689. The first-order valence-corrected chi connectivity index (χ1v) is 13.1. The molecule has 1 aliphatic carbocycles. The molecule has 3 atom stereocenters. The highest BCUT2D eigenvalue weighted by molar-refractivity contribution is 8.00. The van der Waals surface area contributed by atoms with Crippen molar-refractivity contribution in [1.29, 1.82) is 0 Å². The molecule has 2 unspecified atom stereocenters. The molecule has 2 aliphatic heterocycles. The summed E-state index contributed by atoms with van der Waals surface area (Å²) in [6, 6.07) is 5.97. The molecule has 13 nitrogen and oxygen atoms in total. The van der Waals surface area contributed by atoms with Crippen molar-refractivity contribution in [3.05, 3.63) is 72.1 Å². The molecule has 3 amide bonds. The van der Waals surface area contributed by atoms with Gasteiger partial charge in [-0.2, -0.15) is 0 Å². The topological polar surface area (TPSA) is 167 Å². The maximum absolute atomic E-state index is 13.3. The first kappa shape index (κ1) is 26.0. The summed E-state index contributed by atoms with van der Waals surface area (Å²) in [5.74, 6) is -2.14. The lowest BCUT2D eigenvalue weighted by Gasteiger charge is -2.49. The SMILES string of the molecule is O=CNc1ccnc(/C(=N/OC2C=CCC2)C(=O)NC2C(=O)N3C(C(=O)O)=C(C[n+]4ccccc4)CS[C@H]23)n1. The second-order valence-corrected chi connectivity index (χ2v) is 9.89. The minimum Gasteiger partial charge on any atom is -0.477 e. The number of carboxylic acid groups (broad SMARTS) is 1. The summed E-state index contributed by atoms with van der Waals surface area (Å²) in [6.07, 6.45) is 10.3. The number of carboxylic acids is 1. The summed E-state index contributed by atoms with van der Waals surface area (Å²) in [4.78, 5) is 64.4. The van der Waals surface area contributed by atoms with Crippen molar-refractivity contribution >= 4 is 47.5 Å². The first-order valence-electron chi connectivity index (χ1n) is 12.0. The van der Waals surface area contributed by atoms with Gasteiger partial charge in [0.15, 0.2) is 24.8 Å². The lowest BCUT2D eigenvalue weighted by atomic mass is 10.0. The van der Waals surface area contributed by atoms with E-state index < -0.39 is 29.2 Å². The van der Waals surface area contributed by atoms with Crippen molar-refractivity contribution in [3.63, 3.8) is 0 Å². The lowest BCUT2D eigenvalue weighted by Crippen LogP contribution is -2.71. The van der Waals surface area contributed by atoms with Gasteiger partial charge in [-0.3, -0.25) is 19.3 Å². The number of aromatic nitrogens is 3. The monoisotopic (exact) mass is 550 g/mol. The largest absolute Gasteiger partial charge is 0.477 e. The van der Waals surface area contributed by atoms with Crippen molar-refractivity contribution in [2.75, 3.05) is 11.1 Å². The molecule has 200 valence electrons. The Kier molecular flexibility index (Phi) is 7.63. The number of fused-ring (bicyclic) bond motifs is 1. The Morgan fingerprint density at radius 1 is 1.31 bits per heavy atom. The number of rotatable bonds is 10. The summed E-state index contributed by atoms with van der Waals surface area (Å²) in [7, 11) is 0. The third-order valence-corrected chi connectivity index (χ3v) is 7.56. The molecule has 14 heteroatoms. The Bertz CT molecular complexity index is 1400. The maximum Gasteiger partial charge on any atom is 0.352 e. The van der Waals surface area contributed by atoms with Crippen molar-refractivity contribution in [1.82, 2.24) is 20.2 Å². The van der Waals surface area contributed by atoms with Crippen LogP contribution in [0.1, 0.15) is 18.7 Å². The number of thioether (sulfide) groups is 1. The number of nitrogens with zero attached hydrogens (tertiary/aromatic N) is 5. The summed E-state index contributed by atoms with van der Waals surface area (Å²) in [6.45, 7) is 0.315. The van der Waals surface area contributed by atoms with E-state index in [0.717, 1.165) is 6.42 Å². The normalized spacial score (nSPS) is 22.2. The van der Waals surface area contributed by atoms with Crippen LogP contribution in [0.25, 0.3) is 0 Å². The van der Waals surface area contributed by atoms with Crippen molar-refractivity contribution in [2.24, 2.45) is 5.16 Å². The third-order valence-electron chi connectivity index (χ3n) is 6.22. The molecule has 1 fully saturated rings. The van der Waals surface area contributed by atoms with Crippen molar-refractivity contribution in [3.8, 4) is 0 Å². The van der Waals surface area contributed by atoms with Gasteiger partial charge in [-0.1, -0.05) is 17.3 Å². The van der Waals surface area contributed by atoms with E-state index in [2.05, 4.69) is 25.8 Å². The molecule has 0 aromatic carbocycles. The van der Waals surface area contributed by atoms with Gasteiger partial charge in [0.2, 0.25) is 12.1 Å². The minimum absolute atomic E-state index is 0.0770. The molecule has 4 heterocycles. The van der Waals surface area contributed by atoms with E-state index in [1.807, 2.05) is 47.3 Å². The van der Waals surface area contributed by atoms with Gasteiger partial charge >= 0.3 is 5.97 Å².